The fourth-order valence-electron chi connectivity index (χ4n) is 7.83. The summed E-state index contributed by atoms with van der Waals surface area (Å²) >= 11 is 5.10. The maximum absolute atomic E-state index is 13.1. The molecule has 0 saturated heterocycles. The van der Waals surface area contributed by atoms with Crippen molar-refractivity contribution in [3.05, 3.63) is 235 Å². The topological polar surface area (TPSA) is 213 Å². The highest BCUT2D eigenvalue weighted by Crippen LogP contribution is 2.18. The van der Waals surface area contributed by atoms with Gasteiger partial charge in [0.1, 0.15) is 46.0 Å². The number of rotatable bonds is 18. The van der Waals surface area contributed by atoms with Crippen molar-refractivity contribution in [2.75, 3.05) is 19.8 Å². The Bertz CT molecular complexity index is 3380. The summed E-state index contributed by atoms with van der Waals surface area (Å²) in [6.07, 6.45) is 3.04. The molecule has 14 nitrogen and oxygen atoms in total. The van der Waals surface area contributed by atoms with Crippen LogP contribution in [0.15, 0.2) is 127 Å². The second-order valence-electron chi connectivity index (χ2n) is 18.1. The number of hydrogen-bond donors (Lipinski definition) is 5. The van der Waals surface area contributed by atoms with Gasteiger partial charge in [0.25, 0.3) is 0 Å². The van der Waals surface area contributed by atoms with E-state index >= 15 is 0 Å². The lowest BCUT2D eigenvalue weighted by Gasteiger charge is -2.01. The number of carboxylic acid groups (broad SMARTS) is 1. The van der Waals surface area contributed by atoms with Gasteiger partial charge in [0.2, 0.25) is 5.24 Å². The van der Waals surface area contributed by atoms with Crippen molar-refractivity contribution in [3.8, 4) is 0 Å². The van der Waals surface area contributed by atoms with Crippen LogP contribution in [0.3, 0.4) is 0 Å². The van der Waals surface area contributed by atoms with Crippen LogP contribution in [0.5, 0.6) is 0 Å². The van der Waals surface area contributed by atoms with Crippen LogP contribution >= 0.6 is 11.6 Å². The van der Waals surface area contributed by atoms with Gasteiger partial charge in [-0.15, -0.1) is 0 Å². The Morgan fingerprint density at radius 3 is 1.22 bits per heavy atom. The van der Waals surface area contributed by atoms with Gasteiger partial charge in [0, 0.05) is 41.2 Å². The first-order valence-corrected chi connectivity index (χ1v) is 26.1. The highest BCUT2D eigenvalue weighted by atomic mass is 35.5. The molecule has 0 fully saturated rings. The SMILES string of the molecule is CCOC(=O)c1cc(C(=O)Cc2cccc(F)c2)c(C)[nH]1.CCOC(=O)c1cc(CCc2cccc(F)c2)c(C)[nH]1.CCOC(=O)c1ccc(C)[nH]1.Cc1[nH]c(C(=O)O)cc1CCc1cccc(F)c1.O=C(Cl)Cc1cccc(F)c1. The Morgan fingerprint density at radius 1 is 0.444 bits per heavy atom. The fourth-order valence-corrected chi connectivity index (χ4v) is 7.99. The van der Waals surface area contributed by atoms with Crippen LogP contribution in [0.4, 0.5) is 17.6 Å². The highest BCUT2D eigenvalue weighted by molar-refractivity contribution is 6.63. The quantitative estimate of drug-likeness (QED) is 0.0180. The molecular weight excluding hydrogens is 1070 g/mol. The van der Waals surface area contributed by atoms with E-state index in [0.717, 1.165) is 52.2 Å². The predicted octanol–water partition coefficient (Wildman–Crippen LogP) is 13.1. The molecule has 0 saturated carbocycles. The zero-order chi connectivity index (χ0) is 59.6. The first-order chi connectivity index (χ1) is 38.6. The Balaban J connectivity index is 0.000000223. The molecule has 4 aromatic carbocycles. The molecule has 8 rings (SSSR count). The second kappa shape index (κ2) is 33.0. The van der Waals surface area contributed by atoms with E-state index < -0.39 is 17.2 Å². The number of ketones is 1. The molecule has 0 spiro atoms. The minimum absolute atomic E-state index is 0.0821. The third kappa shape index (κ3) is 22.5. The number of ether oxygens (including phenoxy) is 3. The molecule has 428 valence electrons. The summed E-state index contributed by atoms with van der Waals surface area (Å²) in [6, 6.07) is 33.2. The summed E-state index contributed by atoms with van der Waals surface area (Å²) < 4.78 is 66.3. The van der Waals surface area contributed by atoms with Gasteiger partial charge in [0.15, 0.2) is 5.78 Å². The summed E-state index contributed by atoms with van der Waals surface area (Å²) in [5, 5.41) is 8.39. The highest BCUT2D eigenvalue weighted by Gasteiger charge is 2.18. The maximum Gasteiger partial charge on any atom is 0.354 e. The number of aromatic amines is 4. The van der Waals surface area contributed by atoms with E-state index in [1.54, 1.807) is 76.2 Å². The summed E-state index contributed by atoms with van der Waals surface area (Å²) in [4.78, 5) is 79.2. The summed E-state index contributed by atoms with van der Waals surface area (Å²) in [5.41, 5.74) is 10.3. The summed E-state index contributed by atoms with van der Waals surface area (Å²) in [7, 11) is 0. The van der Waals surface area contributed by atoms with Gasteiger partial charge in [-0.3, -0.25) is 9.59 Å². The molecule has 19 heteroatoms. The molecule has 0 aliphatic carbocycles. The van der Waals surface area contributed by atoms with Crippen LogP contribution in [0.2, 0.25) is 0 Å². The van der Waals surface area contributed by atoms with E-state index in [0.29, 0.717) is 59.8 Å². The molecule has 0 amide bonds. The second-order valence-corrected chi connectivity index (χ2v) is 18.5. The maximum atomic E-state index is 13.1. The molecular formula is C62H65ClF4N4O10. The minimum Gasteiger partial charge on any atom is -0.477 e. The Hall–Kier alpha value is -8.77. The number of hydrogen-bond acceptors (Lipinski definition) is 9. The number of H-pyrrole nitrogens is 4. The molecule has 0 aliphatic heterocycles. The molecule has 0 atom stereocenters. The molecule has 4 aromatic heterocycles. The number of halogens is 5. The molecule has 0 radical (unpaired) electrons. The monoisotopic (exact) mass is 1140 g/mol. The number of carbonyl (C=O) groups is 6. The number of aromatic carboxylic acids is 1. The number of nitrogens with one attached hydrogen (secondary N) is 4. The standard InChI is InChI=1S/C16H16FNO3.C16H18FNO2.C14H14FNO2.C8H6ClFO.C8H11NO2/c1-3-21-16(20)14-9-13(10(2)18-14)15(19)8-11-5-4-6-12(17)7-11;1-3-20-16(19)15-10-13(11(2)18-15)8-7-12-5-4-6-14(17)9-12;1-9-11(8-13(16-9)14(17)18)6-5-10-3-2-4-12(15)7-10;9-8(11)5-6-2-1-3-7(10)4-6;1-3-11-8(10)7-5-4-6(2)9-7/h4-7,9,18H,3,8H2,1-2H3;4-6,9-10,18H,3,7-8H2,1-2H3;2-4,7-8,16H,5-6H2,1H3,(H,17,18);1-4H,5H2;4-5,9H,3H2,1-2H3. The van der Waals surface area contributed by atoms with Gasteiger partial charge >= 0.3 is 23.9 Å². The number of aryl methyl sites for hydroxylation is 8. The molecule has 8 aromatic rings. The average molecular weight is 1140 g/mol. The van der Waals surface area contributed by atoms with Crippen molar-refractivity contribution >= 4 is 46.5 Å². The van der Waals surface area contributed by atoms with E-state index in [4.69, 9.17) is 30.9 Å². The van der Waals surface area contributed by atoms with Crippen LogP contribution < -0.4 is 0 Å². The van der Waals surface area contributed by atoms with Gasteiger partial charge in [-0.25, -0.2) is 36.7 Å². The number of Topliss-reactive ketones (excluding diaryl/α,β-unsaturated/α-hetero) is 1. The van der Waals surface area contributed by atoms with Crippen molar-refractivity contribution in [2.45, 2.75) is 87.0 Å². The van der Waals surface area contributed by atoms with Gasteiger partial charge in [-0.2, -0.15) is 0 Å². The summed E-state index contributed by atoms with van der Waals surface area (Å²) in [5.74, 6) is -3.46. The van der Waals surface area contributed by atoms with Crippen LogP contribution in [0.1, 0.15) is 129 Å². The Kier molecular flexibility index (Phi) is 26.4. The Labute approximate surface area is 472 Å². The van der Waals surface area contributed by atoms with Gasteiger partial charge < -0.3 is 39.3 Å². The van der Waals surface area contributed by atoms with Gasteiger partial charge in [-0.05, 0) is 198 Å². The fraction of sp³-hybridized carbons (Fsp3) is 0.258. The third-order valence-corrected chi connectivity index (χ3v) is 11.9. The van der Waals surface area contributed by atoms with Crippen molar-refractivity contribution in [1.82, 2.24) is 19.9 Å². The summed E-state index contributed by atoms with van der Waals surface area (Å²) in [6.45, 7) is 13.7. The van der Waals surface area contributed by atoms with Crippen molar-refractivity contribution in [1.29, 1.82) is 0 Å². The molecule has 0 unspecified atom stereocenters. The van der Waals surface area contributed by atoms with E-state index in [-0.39, 0.29) is 71.8 Å². The molecule has 0 bridgehead atoms. The molecule has 5 N–H and O–H groups in total. The lowest BCUT2D eigenvalue weighted by atomic mass is 10.0. The first-order valence-electron chi connectivity index (χ1n) is 25.7. The number of esters is 3. The van der Waals surface area contributed by atoms with E-state index in [2.05, 4.69) is 19.9 Å². The Morgan fingerprint density at radius 2 is 0.827 bits per heavy atom. The smallest absolute Gasteiger partial charge is 0.354 e. The lowest BCUT2D eigenvalue weighted by Crippen LogP contribution is -2.05. The normalized spacial score (nSPS) is 10.3. The largest absolute Gasteiger partial charge is 0.477 e. The van der Waals surface area contributed by atoms with Crippen LogP contribution in [0.25, 0.3) is 0 Å². The first kappa shape index (κ1) is 64.8. The minimum atomic E-state index is -0.963. The number of benzene rings is 4. The third-order valence-electron chi connectivity index (χ3n) is 11.7. The van der Waals surface area contributed by atoms with Crippen LogP contribution in [0, 0.1) is 51.0 Å². The van der Waals surface area contributed by atoms with E-state index in [1.807, 2.05) is 45.0 Å². The molecule has 81 heavy (non-hydrogen) atoms. The number of aromatic nitrogens is 4. The van der Waals surface area contributed by atoms with Crippen LogP contribution in [-0.4, -0.2) is 79.8 Å². The van der Waals surface area contributed by atoms with Gasteiger partial charge in [0.05, 0.1) is 19.8 Å². The van der Waals surface area contributed by atoms with Crippen molar-refractivity contribution in [3.63, 3.8) is 0 Å². The zero-order valence-electron chi connectivity index (χ0n) is 46.0. The number of carboxylic acids is 1. The average Bonchev–Trinajstić information content (AvgIpc) is 4.25. The lowest BCUT2D eigenvalue weighted by molar-refractivity contribution is -0.111. The van der Waals surface area contributed by atoms with E-state index in [9.17, 15) is 46.3 Å². The van der Waals surface area contributed by atoms with Crippen molar-refractivity contribution < 1.29 is 65.6 Å². The number of carbonyl (C=O) groups excluding carboxylic acids is 5. The van der Waals surface area contributed by atoms with Crippen LogP contribution in [-0.2, 0) is 57.5 Å². The van der Waals surface area contributed by atoms with E-state index in [1.165, 1.54) is 54.6 Å². The zero-order valence-corrected chi connectivity index (χ0v) is 46.8. The predicted molar refractivity (Wildman–Crippen MR) is 300 cm³/mol. The van der Waals surface area contributed by atoms with Gasteiger partial charge in [-0.1, -0.05) is 48.5 Å². The molecule has 4 heterocycles. The van der Waals surface area contributed by atoms with Crippen molar-refractivity contribution in [2.24, 2.45) is 0 Å². The molecule has 0 aliphatic rings.